The largest absolute Gasteiger partial charge is 0.465 e. The predicted octanol–water partition coefficient (Wildman–Crippen LogP) is 2.28. The van der Waals surface area contributed by atoms with Crippen LogP contribution in [-0.2, 0) is 9.53 Å². The summed E-state index contributed by atoms with van der Waals surface area (Å²) in [5.74, 6) is -0.618. The summed E-state index contributed by atoms with van der Waals surface area (Å²) in [6.45, 7) is 3.38. The highest BCUT2D eigenvalue weighted by Gasteiger charge is 2.40. The van der Waals surface area contributed by atoms with Crippen molar-refractivity contribution in [1.29, 1.82) is 0 Å². The van der Waals surface area contributed by atoms with Gasteiger partial charge in [0, 0.05) is 0 Å². The molecule has 0 aromatic heterocycles. The molecule has 0 radical (unpaired) electrons. The highest BCUT2D eigenvalue weighted by molar-refractivity contribution is 6.34. The normalized spacial score (nSPS) is 16.2. The van der Waals surface area contributed by atoms with Gasteiger partial charge in [-0.25, -0.2) is 0 Å². The van der Waals surface area contributed by atoms with E-state index in [1.165, 1.54) is 6.92 Å². The van der Waals surface area contributed by atoms with Gasteiger partial charge in [-0.05, 0) is 19.4 Å². The number of aliphatic hydroxyl groups is 1. The number of aliphatic hydroxyl groups excluding tert-OH is 1. The Labute approximate surface area is 100.0 Å². The average Bonchev–Trinajstić information content (AvgIpc) is 2.29. The van der Waals surface area contributed by atoms with Crippen molar-refractivity contribution in [2.75, 3.05) is 6.61 Å². The molecule has 2 unspecified atom stereocenters. The fourth-order valence-corrected chi connectivity index (χ4v) is 1.51. The van der Waals surface area contributed by atoms with E-state index in [4.69, 9.17) is 16.3 Å². The van der Waals surface area contributed by atoms with Crippen LogP contribution in [0.4, 0.5) is 0 Å². The molecule has 1 rings (SSSR count). The maximum absolute atomic E-state index is 11.6. The zero-order valence-corrected chi connectivity index (χ0v) is 10.1. The number of alkyl halides is 1. The van der Waals surface area contributed by atoms with E-state index in [1.54, 1.807) is 31.2 Å². The number of halogens is 1. The zero-order valence-electron chi connectivity index (χ0n) is 9.31. The molecule has 4 heteroatoms. The molecule has 1 aromatic rings. The first-order chi connectivity index (χ1) is 7.50. The van der Waals surface area contributed by atoms with Gasteiger partial charge in [0.15, 0.2) is 4.87 Å². The van der Waals surface area contributed by atoms with Gasteiger partial charge in [-0.2, -0.15) is 0 Å². The molecule has 16 heavy (non-hydrogen) atoms. The number of carbonyl (C=O) groups is 1. The standard InChI is InChI=1S/C12H15ClO3/c1-3-16-11(15)12(2,13)10(14)9-7-5-4-6-8-9/h4-8,10,14H,3H2,1-2H3. The van der Waals surface area contributed by atoms with Crippen LogP contribution in [0.2, 0.25) is 0 Å². The van der Waals surface area contributed by atoms with E-state index in [0.717, 1.165) is 0 Å². The van der Waals surface area contributed by atoms with Crippen LogP contribution in [0, 0.1) is 0 Å². The third-order valence-electron chi connectivity index (χ3n) is 2.30. The fourth-order valence-electron chi connectivity index (χ4n) is 1.33. The molecule has 0 heterocycles. The maximum Gasteiger partial charge on any atom is 0.329 e. The number of hydrogen-bond acceptors (Lipinski definition) is 3. The van der Waals surface area contributed by atoms with E-state index in [9.17, 15) is 9.90 Å². The molecule has 1 aromatic carbocycles. The Morgan fingerprint density at radius 1 is 1.50 bits per heavy atom. The minimum atomic E-state index is -1.46. The molecule has 0 saturated heterocycles. The molecule has 0 aliphatic rings. The van der Waals surface area contributed by atoms with Crippen LogP contribution >= 0.6 is 11.6 Å². The second kappa shape index (κ2) is 5.32. The lowest BCUT2D eigenvalue weighted by Gasteiger charge is -2.25. The molecule has 0 fully saturated rings. The quantitative estimate of drug-likeness (QED) is 0.651. The van der Waals surface area contributed by atoms with Crippen molar-refractivity contribution < 1.29 is 14.6 Å². The first kappa shape index (κ1) is 13.0. The van der Waals surface area contributed by atoms with Crippen molar-refractivity contribution in [3.63, 3.8) is 0 Å². The van der Waals surface area contributed by atoms with E-state index in [1.807, 2.05) is 6.07 Å². The van der Waals surface area contributed by atoms with Crippen molar-refractivity contribution in [3.05, 3.63) is 35.9 Å². The number of rotatable bonds is 4. The van der Waals surface area contributed by atoms with Crippen molar-refractivity contribution in [2.45, 2.75) is 24.8 Å². The third kappa shape index (κ3) is 2.74. The molecule has 2 atom stereocenters. The monoisotopic (exact) mass is 242 g/mol. The number of benzene rings is 1. The Morgan fingerprint density at radius 3 is 2.56 bits per heavy atom. The molecule has 0 aliphatic heterocycles. The molecule has 0 bridgehead atoms. The van der Waals surface area contributed by atoms with Crippen LogP contribution < -0.4 is 0 Å². The molecule has 0 aliphatic carbocycles. The third-order valence-corrected chi connectivity index (χ3v) is 2.66. The van der Waals surface area contributed by atoms with E-state index in [-0.39, 0.29) is 6.61 Å². The summed E-state index contributed by atoms with van der Waals surface area (Å²) in [6.07, 6.45) is -1.09. The van der Waals surface area contributed by atoms with Crippen LogP contribution in [0.15, 0.2) is 30.3 Å². The Kier molecular flexibility index (Phi) is 4.33. The van der Waals surface area contributed by atoms with Gasteiger partial charge in [0.05, 0.1) is 6.61 Å². The van der Waals surface area contributed by atoms with Gasteiger partial charge in [0.2, 0.25) is 0 Å². The summed E-state index contributed by atoms with van der Waals surface area (Å²) in [5, 5.41) is 10.0. The SMILES string of the molecule is CCOC(=O)C(C)(Cl)C(O)c1ccccc1. The Balaban J connectivity index is 2.87. The predicted molar refractivity (Wildman–Crippen MR) is 62.3 cm³/mol. The molecule has 0 amide bonds. The molecular formula is C12H15ClO3. The zero-order chi connectivity index (χ0) is 12.2. The number of esters is 1. The van der Waals surface area contributed by atoms with E-state index in [2.05, 4.69) is 0 Å². The first-order valence-electron chi connectivity index (χ1n) is 5.09. The minimum Gasteiger partial charge on any atom is -0.465 e. The first-order valence-corrected chi connectivity index (χ1v) is 5.47. The second-order valence-electron chi connectivity index (χ2n) is 3.61. The molecule has 88 valence electrons. The Morgan fingerprint density at radius 2 is 2.06 bits per heavy atom. The average molecular weight is 243 g/mol. The van der Waals surface area contributed by atoms with Gasteiger partial charge in [-0.1, -0.05) is 30.3 Å². The minimum absolute atomic E-state index is 0.239. The number of carbonyl (C=O) groups excluding carboxylic acids is 1. The van der Waals surface area contributed by atoms with Crippen LogP contribution in [0.25, 0.3) is 0 Å². The Hall–Kier alpha value is -1.06. The topological polar surface area (TPSA) is 46.5 Å². The number of hydrogen-bond donors (Lipinski definition) is 1. The van der Waals surface area contributed by atoms with Crippen molar-refractivity contribution in [3.8, 4) is 0 Å². The molecule has 1 N–H and O–H groups in total. The van der Waals surface area contributed by atoms with Gasteiger partial charge < -0.3 is 9.84 Å². The highest BCUT2D eigenvalue weighted by atomic mass is 35.5. The summed E-state index contributed by atoms with van der Waals surface area (Å²) in [6, 6.07) is 8.80. The lowest BCUT2D eigenvalue weighted by molar-refractivity contribution is -0.149. The lowest BCUT2D eigenvalue weighted by Crippen LogP contribution is -2.37. The Bertz CT molecular complexity index is 349. The molecule has 3 nitrogen and oxygen atoms in total. The highest BCUT2D eigenvalue weighted by Crippen LogP contribution is 2.32. The fraction of sp³-hybridized carbons (Fsp3) is 0.417. The van der Waals surface area contributed by atoms with E-state index in [0.29, 0.717) is 5.56 Å². The lowest BCUT2D eigenvalue weighted by atomic mass is 9.97. The van der Waals surface area contributed by atoms with Gasteiger partial charge in [-0.15, -0.1) is 11.6 Å². The number of ether oxygens (including phenoxy) is 1. The van der Waals surface area contributed by atoms with Crippen molar-refractivity contribution in [2.24, 2.45) is 0 Å². The summed E-state index contributed by atoms with van der Waals surface area (Å²) in [4.78, 5) is 10.1. The summed E-state index contributed by atoms with van der Waals surface area (Å²) >= 11 is 6.03. The smallest absolute Gasteiger partial charge is 0.329 e. The maximum atomic E-state index is 11.6. The molecule has 0 spiro atoms. The van der Waals surface area contributed by atoms with Crippen LogP contribution in [0.3, 0.4) is 0 Å². The van der Waals surface area contributed by atoms with Crippen LogP contribution in [0.1, 0.15) is 25.5 Å². The summed E-state index contributed by atoms with van der Waals surface area (Å²) in [5.41, 5.74) is 0.591. The summed E-state index contributed by atoms with van der Waals surface area (Å²) in [7, 11) is 0. The molecule has 0 saturated carbocycles. The second-order valence-corrected chi connectivity index (χ2v) is 4.39. The summed E-state index contributed by atoms with van der Waals surface area (Å²) < 4.78 is 4.82. The van der Waals surface area contributed by atoms with Gasteiger partial charge in [0.1, 0.15) is 6.10 Å². The van der Waals surface area contributed by atoms with Crippen molar-refractivity contribution in [1.82, 2.24) is 0 Å². The van der Waals surface area contributed by atoms with E-state index >= 15 is 0 Å². The van der Waals surface area contributed by atoms with Gasteiger partial charge in [0.25, 0.3) is 0 Å². The van der Waals surface area contributed by atoms with E-state index < -0.39 is 16.9 Å². The van der Waals surface area contributed by atoms with Gasteiger partial charge >= 0.3 is 5.97 Å². The molecular weight excluding hydrogens is 228 g/mol. The van der Waals surface area contributed by atoms with Crippen LogP contribution in [0.5, 0.6) is 0 Å². The van der Waals surface area contributed by atoms with Crippen molar-refractivity contribution >= 4 is 17.6 Å². The van der Waals surface area contributed by atoms with Crippen LogP contribution in [-0.4, -0.2) is 22.6 Å². The van der Waals surface area contributed by atoms with Gasteiger partial charge in [-0.3, -0.25) is 4.79 Å².